The number of nitrogens with one attached hydrogen (secondary N) is 2. The Labute approximate surface area is 302 Å². The second-order valence-corrected chi connectivity index (χ2v) is 16.9. The van der Waals surface area contributed by atoms with Crippen LogP contribution in [0.1, 0.15) is 89.5 Å². The maximum absolute atomic E-state index is 14.9. The van der Waals surface area contributed by atoms with Crippen LogP contribution in [0.15, 0.2) is 30.4 Å². The molecule has 1 aromatic carbocycles. The molecule has 3 N–H and O–H groups in total. The van der Waals surface area contributed by atoms with Gasteiger partial charge in [-0.25, -0.2) is 4.39 Å². The fourth-order valence-corrected chi connectivity index (χ4v) is 8.97. The zero-order valence-corrected chi connectivity index (χ0v) is 31.0. The van der Waals surface area contributed by atoms with Crippen molar-refractivity contribution in [3.8, 4) is 5.75 Å². The molecule has 10 nitrogen and oxygen atoms in total. The average molecular weight is 739 g/mol. The van der Waals surface area contributed by atoms with Gasteiger partial charge >= 0.3 is 0 Å². The van der Waals surface area contributed by atoms with E-state index in [9.17, 15) is 22.4 Å². The first-order chi connectivity index (χ1) is 23.9. The number of amides is 2. The second kappa shape index (κ2) is 18.0. The van der Waals surface area contributed by atoms with Crippen molar-refractivity contribution in [2.24, 2.45) is 17.8 Å². The summed E-state index contributed by atoms with van der Waals surface area (Å²) in [4.78, 5) is 29.0. The number of nitrogens with zero attached hydrogens (tertiary/aromatic N) is 2. The molecular formula is C37H56ClFN4O6S. The lowest BCUT2D eigenvalue weighted by Gasteiger charge is -2.46. The van der Waals surface area contributed by atoms with Crippen LogP contribution in [-0.2, 0) is 26.1 Å². The summed E-state index contributed by atoms with van der Waals surface area (Å²) in [7, 11) is -4.06. The molecule has 0 spiro atoms. The number of carbonyl (C=O) groups is 2. The summed E-state index contributed by atoms with van der Waals surface area (Å²) in [5, 5.41) is 6.73. The molecule has 2 fully saturated rings. The highest BCUT2D eigenvalue weighted by atomic mass is 35.5. The standard InChI is InChI=1S/C37H56ClFN4O6S/c1-2-37-17-4-3-7-27(9-13-33(37)38)10-14-34(41-37)42-19-15-28(16-20-42)8-5-21-49-31-12-11-29(32(39)24-31)23-35(44)43-25-30(26-43)36(45)40-18-6-22-50(46,47)48/h9,11-13,24,27-28,30,33-34,41H,2-8,10,14-23,25-26H2,1H3,(H,40,45)(H,46,47,48)/b13-9-. The van der Waals surface area contributed by atoms with Crippen LogP contribution in [-0.4, -0.2) is 96.8 Å². The Bertz CT molecular complexity index is 1430. The summed E-state index contributed by atoms with van der Waals surface area (Å²) >= 11 is 7.05. The number of likely N-dealkylation sites (tertiary alicyclic amines) is 2. The molecular weight excluding hydrogens is 683 g/mol. The quantitative estimate of drug-likeness (QED) is 0.102. The van der Waals surface area contributed by atoms with Gasteiger partial charge in [-0.3, -0.25) is 24.4 Å². The third-order valence-corrected chi connectivity index (χ3v) is 12.8. The minimum atomic E-state index is -4.06. The molecule has 4 atom stereocenters. The molecule has 5 rings (SSSR count). The van der Waals surface area contributed by atoms with Gasteiger partial charge in [-0.15, -0.1) is 11.6 Å². The Balaban J connectivity index is 0.986. The molecule has 0 aromatic heterocycles. The molecule has 4 aliphatic rings. The van der Waals surface area contributed by atoms with Crippen molar-refractivity contribution in [3.05, 3.63) is 41.7 Å². The predicted octanol–water partition coefficient (Wildman–Crippen LogP) is 5.30. The first kappa shape index (κ1) is 39.0. The Morgan fingerprint density at radius 3 is 2.60 bits per heavy atom. The SMILES string of the molecule is CCC12CCCCC(/C=C\C1Cl)CCC(N1CCC(CCCOc3ccc(CC(=O)N4CC(C(=O)NCCCS(=O)(=O)O)C4)c(F)c3)CC1)N2. The zero-order valence-electron chi connectivity index (χ0n) is 29.5. The number of rotatable bonds is 14. The number of carbonyl (C=O) groups excluding carboxylic acids is 2. The van der Waals surface area contributed by atoms with Crippen molar-refractivity contribution < 1.29 is 31.7 Å². The van der Waals surface area contributed by atoms with Crippen LogP contribution in [0, 0.1) is 23.6 Å². The minimum absolute atomic E-state index is 0.0159. The lowest BCUT2D eigenvalue weighted by molar-refractivity contribution is -0.142. The molecule has 2 amide bonds. The smallest absolute Gasteiger partial charge is 0.264 e. The molecule has 50 heavy (non-hydrogen) atoms. The Hall–Kier alpha value is -2.25. The van der Waals surface area contributed by atoms with Gasteiger partial charge in [-0.05, 0) is 101 Å². The number of fused-ring (bicyclic) bond motifs is 3. The first-order valence-corrected chi connectivity index (χ1v) is 20.8. The van der Waals surface area contributed by atoms with E-state index in [4.69, 9.17) is 20.9 Å². The van der Waals surface area contributed by atoms with E-state index in [1.165, 1.54) is 49.5 Å². The van der Waals surface area contributed by atoms with Gasteiger partial charge in [0.05, 0.1) is 36.2 Å². The van der Waals surface area contributed by atoms with Gasteiger partial charge in [-0.1, -0.05) is 38.0 Å². The van der Waals surface area contributed by atoms with E-state index < -0.39 is 21.7 Å². The van der Waals surface area contributed by atoms with Crippen molar-refractivity contribution in [3.63, 3.8) is 0 Å². The van der Waals surface area contributed by atoms with Crippen LogP contribution in [0.4, 0.5) is 4.39 Å². The van der Waals surface area contributed by atoms with Gasteiger partial charge in [-0.2, -0.15) is 8.42 Å². The maximum Gasteiger partial charge on any atom is 0.264 e. The van der Waals surface area contributed by atoms with E-state index in [1.54, 1.807) is 12.1 Å². The number of alkyl halides is 1. The van der Waals surface area contributed by atoms with E-state index in [-0.39, 0.29) is 66.7 Å². The number of piperidine rings is 1. The van der Waals surface area contributed by atoms with E-state index in [1.807, 2.05) is 0 Å². The largest absolute Gasteiger partial charge is 0.493 e. The second-order valence-electron chi connectivity index (χ2n) is 14.9. The lowest BCUT2D eigenvalue weighted by Crippen LogP contribution is -2.61. The Kier molecular flexibility index (Phi) is 14.0. The molecule has 13 heteroatoms. The Morgan fingerprint density at radius 2 is 1.88 bits per heavy atom. The molecule has 2 bridgehead atoms. The summed E-state index contributed by atoms with van der Waals surface area (Å²) in [5.41, 5.74) is 0.227. The topological polar surface area (TPSA) is 128 Å². The first-order valence-electron chi connectivity index (χ1n) is 18.7. The van der Waals surface area contributed by atoms with Crippen LogP contribution < -0.4 is 15.4 Å². The van der Waals surface area contributed by atoms with E-state index in [0.29, 0.717) is 30.4 Å². The van der Waals surface area contributed by atoms with Crippen LogP contribution in [0.5, 0.6) is 5.75 Å². The van der Waals surface area contributed by atoms with Crippen LogP contribution in [0.2, 0.25) is 0 Å². The maximum atomic E-state index is 14.9. The summed E-state index contributed by atoms with van der Waals surface area (Å²) in [6, 6.07) is 4.63. The number of ether oxygens (including phenoxy) is 1. The molecule has 0 radical (unpaired) electrons. The third-order valence-electron chi connectivity index (χ3n) is 11.4. The normalized spacial score (nSPS) is 27.7. The van der Waals surface area contributed by atoms with E-state index >= 15 is 0 Å². The molecule has 0 saturated carbocycles. The van der Waals surface area contributed by atoms with Gasteiger partial charge < -0.3 is 15.0 Å². The van der Waals surface area contributed by atoms with Crippen LogP contribution in [0.3, 0.4) is 0 Å². The van der Waals surface area contributed by atoms with E-state index in [0.717, 1.165) is 45.2 Å². The number of allylic oxidation sites excluding steroid dienone is 1. The van der Waals surface area contributed by atoms with Crippen molar-refractivity contribution in [2.75, 3.05) is 45.1 Å². The van der Waals surface area contributed by atoms with Crippen molar-refractivity contribution in [2.45, 2.75) is 107 Å². The summed E-state index contributed by atoms with van der Waals surface area (Å²) < 4.78 is 51.1. The fraction of sp³-hybridized carbons (Fsp3) is 0.730. The molecule has 280 valence electrons. The van der Waals surface area contributed by atoms with Crippen LogP contribution in [0.25, 0.3) is 0 Å². The molecule has 3 aliphatic heterocycles. The van der Waals surface area contributed by atoms with Crippen molar-refractivity contribution in [1.82, 2.24) is 20.4 Å². The number of benzene rings is 1. The van der Waals surface area contributed by atoms with Gasteiger partial charge in [0.15, 0.2) is 0 Å². The van der Waals surface area contributed by atoms with Gasteiger partial charge in [0.25, 0.3) is 10.1 Å². The summed E-state index contributed by atoms with van der Waals surface area (Å²) in [6.45, 7) is 5.55. The van der Waals surface area contributed by atoms with Gasteiger partial charge in [0, 0.05) is 31.2 Å². The summed E-state index contributed by atoms with van der Waals surface area (Å²) in [6.07, 6.45) is 17.7. The monoisotopic (exact) mass is 738 g/mol. The lowest BCUT2D eigenvalue weighted by atomic mass is 9.84. The number of halogens is 2. The highest BCUT2D eigenvalue weighted by Gasteiger charge is 2.40. The van der Waals surface area contributed by atoms with Crippen LogP contribution >= 0.6 is 11.6 Å². The molecule has 1 aliphatic carbocycles. The van der Waals surface area contributed by atoms with Gasteiger partial charge in [0.2, 0.25) is 11.8 Å². The zero-order chi connectivity index (χ0) is 35.7. The average Bonchev–Trinajstić information content (AvgIpc) is 3.18. The number of hydrogen-bond acceptors (Lipinski definition) is 7. The minimum Gasteiger partial charge on any atom is -0.493 e. The van der Waals surface area contributed by atoms with E-state index in [2.05, 4.69) is 34.6 Å². The highest BCUT2D eigenvalue weighted by molar-refractivity contribution is 7.85. The van der Waals surface area contributed by atoms with Crippen molar-refractivity contribution in [1.29, 1.82) is 0 Å². The van der Waals surface area contributed by atoms with Crippen molar-refractivity contribution >= 4 is 33.5 Å². The van der Waals surface area contributed by atoms with Gasteiger partial charge in [0.1, 0.15) is 11.6 Å². The molecule has 2 saturated heterocycles. The fourth-order valence-electron chi connectivity index (χ4n) is 8.05. The third kappa shape index (κ3) is 10.9. The predicted molar refractivity (Wildman–Crippen MR) is 193 cm³/mol. The Morgan fingerprint density at radius 1 is 1.10 bits per heavy atom. The molecule has 4 unspecified atom stereocenters. The molecule has 1 aromatic rings. The summed E-state index contributed by atoms with van der Waals surface area (Å²) in [5.74, 6) is -0.110. The highest BCUT2D eigenvalue weighted by Crippen LogP contribution is 2.36. The number of hydrogen-bond donors (Lipinski definition) is 3. The molecule has 3 heterocycles.